The van der Waals surface area contributed by atoms with Gasteiger partial charge in [-0.25, -0.2) is 8.42 Å². The van der Waals surface area contributed by atoms with E-state index in [0.717, 1.165) is 14.4 Å². The molecule has 8 heteroatoms. The van der Waals surface area contributed by atoms with Crippen LogP contribution in [0.15, 0.2) is 8.68 Å². The Morgan fingerprint density at radius 3 is 2.40 bits per heavy atom. The lowest BCUT2D eigenvalue weighted by Crippen LogP contribution is -2.04. The van der Waals surface area contributed by atoms with Crippen LogP contribution in [0.2, 0.25) is 0 Å². The van der Waals surface area contributed by atoms with Crippen molar-refractivity contribution in [3.05, 3.63) is 0 Å². The summed E-state index contributed by atoms with van der Waals surface area (Å²) in [6, 6.07) is 0. The van der Waals surface area contributed by atoms with Crippen LogP contribution in [-0.2, 0) is 9.84 Å². The van der Waals surface area contributed by atoms with Crippen molar-refractivity contribution in [3.8, 4) is 0 Å². The highest BCUT2D eigenvalue weighted by atomic mass is 32.2. The Morgan fingerprint density at radius 2 is 1.87 bits per heavy atom. The molecule has 4 nitrogen and oxygen atoms in total. The second kappa shape index (κ2) is 6.07. The van der Waals surface area contributed by atoms with Gasteiger partial charge >= 0.3 is 0 Å². The van der Waals surface area contributed by atoms with E-state index in [1.54, 1.807) is 11.8 Å². The molecule has 0 aliphatic heterocycles. The van der Waals surface area contributed by atoms with E-state index in [-0.39, 0.29) is 5.75 Å². The highest BCUT2D eigenvalue weighted by Gasteiger charge is 2.07. The standard InChI is InChI=1S/C7H12N2O2S4/c1-3-12-6-8-9-7(14-6)13-4-5-15(2,10)11/h3-5H2,1-2H3. The molecule has 15 heavy (non-hydrogen) atoms. The third-order valence-electron chi connectivity index (χ3n) is 1.34. The Hall–Kier alpha value is 0.210. The first-order chi connectivity index (χ1) is 7.01. The van der Waals surface area contributed by atoms with Gasteiger partial charge in [-0.3, -0.25) is 0 Å². The molecule has 0 saturated carbocycles. The molecule has 0 aliphatic carbocycles. The van der Waals surface area contributed by atoms with Gasteiger partial charge in [0.2, 0.25) is 0 Å². The first-order valence-corrected chi connectivity index (χ1v) is 9.13. The summed E-state index contributed by atoms with van der Waals surface area (Å²) in [5, 5.41) is 7.95. The van der Waals surface area contributed by atoms with Gasteiger partial charge in [-0.15, -0.1) is 10.2 Å². The van der Waals surface area contributed by atoms with Crippen molar-refractivity contribution in [3.63, 3.8) is 0 Å². The zero-order chi connectivity index (χ0) is 11.3. The second-order valence-corrected chi connectivity index (χ2v) is 8.84. The molecule has 0 unspecified atom stereocenters. The number of hydrogen-bond acceptors (Lipinski definition) is 7. The zero-order valence-corrected chi connectivity index (χ0v) is 11.7. The van der Waals surface area contributed by atoms with Gasteiger partial charge in [-0.2, -0.15) is 0 Å². The average Bonchev–Trinajstić information content (AvgIpc) is 2.51. The lowest BCUT2D eigenvalue weighted by molar-refractivity contribution is 0.603. The molecule has 0 N–H and O–H groups in total. The van der Waals surface area contributed by atoms with Gasteiger partial charge in [0.05, 0.1) is 5.75 Å². The molecular weight excluding hydrogens is 272 g/mol. The van der Waals surface area contributed by atoms with Crippen LogP contribution in [0.3, 0.4) is 0 Å². The van der Waals surface area contributed by atoms with Crippen LogP contribution in [0.25, 0.3) is 0 Å². The Labute approximate surface area is 102 Å². The van der Waals surface area contributed by atoms with E-state index in [1.807, 2.05) is 0 Å². The van der Waals surface area contributed by atoms with Crippen LogP contribution in [0, 0.1) is 0 Å². The molecular formula is C7H12N2O2S4. The number of rotatable bonds is 6. The predicted octanol–water partition coefficient (Wildman–Crippen LogP) is 1.79. The number of aromatic nitrogens is 2. The summed E-state index contributed by atoms with van der Waals surface area (Å²) < 4.78 is 23.5. The maximum Gasteiger partial charge on any atom is 0.175 e. The highest BCUT2D eigenvalue weighted by molar-refractivity contribution is 8.03. The Bertz CT molecular complexity index is 401. The molecule has 1 rings (SSSR count). The second-order valence-electron chi connectivity index (χ2n) is 2.75. The van der Waals surface area contributed by atoms with Crippen LogP contribution < -0.4 is 0 Å². The number of sulfone groups is 1. The minimum absolute atomic E-state index is 0.188. The minimum atomic E-state index is -2.87. The molecule has 1 heterocycles. The third-order valence-corrected chi connectivity index (χ3v) is 5.61. The maximum atomic E-state index is 10.9. The normalized spacial score (nSPS) is 11.9. The van der Waals surface area contributed by atoms with Crippen molar-refractivity contribution in [2.75, 3.05) is 23.5 Å². The first-order valence-electron chi connectivity index (χ1n) is 4.28. The fourth-order valence-corrected chi connectivity index (χ4v) is 4.90. The molecule has 1 aromatic heterocycles. The van der Waals surface area contributed by atoms with Gasteiger partial charge in [0, 0.05) is 12.0 Å². The van der Waals surface area contributed by atoms with Gasteiger partial charge in [0.1, 0.15) is 9.84 Å². The summed E-state index contributed by atoms with van der Waals surface area (Å²) in [5.41, 5.74) is 0. The summed E-state index contributed by atoms with van der Waals surface area (Å²) in [4.78, 5) is 0. The van der Waals surface area contributed by atoms with Crippen LogP contribution in [0.4, 0.5) is 0 Å². The molecule has 0 fully saturated rings. The van der Waals surface area contributed by atoms with Crippen molar-refractivity contribution in [2.24, 2.45) is 0 Å². The summed E-state index contributed by atoms with van der Waals surface area (Å²) in [5.74, 6) is 1.71. The van der Waals surface area contributed by atoms with Gasteiger partial charge in [-0.05, 0) is 5.75 Å². The quantitative estimate of drug-likeness (QED) is 0.742. The van der Waals surface area contributed by atoms with Crippen LogP contribution in [0.5, 0.6) is 0 Å². The van der Waals surface area contributed by atoms with E-state index < -0.39 is 9.84 Å². The van der Waals surface area contributed by atoms with E-state index in [1.165, 1.54) is 29.4 Å². The maximum absolute atomic E-state index is 10.9. The Morgan fingerprint density at radius 1 is 1.27 bits per heavy atom. The van der Waals surface area contributed by atoms with Crippen LogP contribution in [-0.4, -0.2) is 42.1 Å². The zero-order valence-electron chi connectivity index (χ0n) is 8.47. The lowest BCUT2D eigenvalue weighted by atomic mass is 11.0. The largest absolute Gasteiger partial charge is 0.229 e. The van der Waals surface area contributed by atoms with Crippen molar-refractivity contribution < 1.29 is 8.42 Å². The summed E-state index contributed by atoms with van der Waals surface area (Å²) >= 11 is 4.61. The smallest absolute Gasteiger partial charge is 0.175 e. The van der Waals surface area contributed by atoms with Crippen molar-refractivity contribution in [1.29, 1.82) is 0 Å². The van der Waals surface area contributed by atoms with E-state index in [4.69, 9.17) is 0 Å². The topological polar surface area (TPSA) is 59.9 Å². The number of nitrogens with zero attached hydrogens (tertiary/aromatic N) is 2. The molecule has 0 bridgehead atoms. The summed E-state index contributed by atoms with van der Waals surface area (Å²) in [6.07, 6.45) is 1.24. The monoisotopic (exact) mass is 284 g/mol. The fraction of sp³-hybridized carbons (Fsp3) is 0.714. The van der Waals surface area contributed by atoms with Crippen molar-refractivity contribution in [2.45, 2.75) is 15.6 Å². The predicted molar refractivity (Wildman–Crippen MR) is 66.7 cm³/mol. The van der Waals surface area contributed by atoms with E-state index in [2.05, 4.69) is 17.1 Å². The minimum Gasteiger partial charge on any atom is -0.229 e. The fourth-order valence-electron chi connectivity index (χ4n) is 0.718. The van der Waals surface area contributed by atoms with Gasteiger partial charge in [0.25, 0.3) is 0 Å². The molecule has 0 aromatic carbocycles. The molecule has 0 atom stereocenters. The molecule has 0 saturated heterocycles. The first kappa shape index (κ1) is 13.3. The molecule has 1 aromatic rings. The highest BCUT2D eigenvalue weighted by Crippen LogP contribution is 2.28. The van der Waals surface area contributed by atoms with E-state index in [0.29, 0.717) is 5.75 Å². The van der Waals surface area contributed by atoms with E-state index in [9.17, 15) is 8.42 Å². The average molecular weight is 284 g/mol. The Balaban J connectivity index is 2.38. The molecule has 0 spiro atoms. The van der Waals surface area contributed by atoms with Crippen molar-refractivity contribution in [1.82, 2.24) is 10.2 Å². The Kier molecular flexibility index (Phi) is 5.37. The molecule has 0 aliphatic rings. The SMILES string of the molecule is CCSc1nnc(SCCS(C)(=O)=O)s1. The van der Waals surface area contributed by atoms with Gasteiger partial charge < -0.3 is 0 Å². The van der Waals surface area contributed by atoms with Crippen LogP contribution in [0.1, 0.15) is 6.92 Å². The lowest BCUT2D eigenvalue weighted by Gasteiger charge is -1.94. The number of thioether (sulfide) groups is 2. The molecule has 0 amide bonds. The molecule has 86 valence electrons. The van der Waals surface area contributed by atoms with Gasteiger partial charge in [0.15, 0.2) is 8.68 Å². The summed E-state index contributed by atoms with van der Waals surface area (Å²) in [6.45, 7) is 2.06. The van der Waals surface area contributed by atoms with E-state index >= 15 is 0 Å². The van der Waals surface area contributed by atoms with Crippen LogP contribution >= 0.6 is 34.9 Å². The van der Waals surface area contributed by atoms with Crippen molar-refractivity contribution >= 4 is 44.7 Å². The van der Waals surface area contributed by atoms with Gasteiger partial charge in [-0.1, -0.05) is 41.8 Å². The molecule has 0 radical (unpaired) electrons. The third kappa shape index (κ3) is 5.74. The number of hydrogen-bond donors (Lipinski definition) is 0. The summed E-state index contributed by atoms with van der Waals surface area (Å²) in [7, 11) is -2.87.